The molecule has 0 aromatic heterocycles. The van der Waals surface area contributed by atoms with Crippen LogP contribution in [0.3, 0.4) is 0 Å². The number of ether oxygens (including phenoxy) is 1. The van der Waals surface area contributed by atoms with Crippen LogP contribution in [0.1, 0.15) is 154 Å². The summed E-state index contributed by atoms with van der Waals surface area (Å²) in [5.41, 5.74) is 1.15. The number of unbranched alkanes of at least 4 members (excludes halogenated alkanes) is 12. The highest BCUT2D eigenvalue weighted by molar-refractivity contribution is 5.69. The van der Waals surface area contributed by atoms with Crippen molar-refractivity contribution in [3.63, 3.8) is 0 Å². The minimum atomic E-state index is -0.0696. The normalized spacial score (nSPS) is 13.0. The van der Waals surface area contributed by atoms with Crippen molar-refractivity contribution in [1.29, 1.82) is 0 Å². The van der Waals surface area contributed by atoms with E-state index in [0.29, 0.717) is 30.6 Å². The van der Waals surface area contributed by atoms with Crippen molar-refractivity contribution < 1.29 is 14.6 Å². The molecule has 0 aliphatic carbocycles. The van der Waals surface area contributed by atoms with Crippen LogP contribution in [0.4, 0.5) is 0 Å². The summed E-state index contributed by atoms with van der Waals surface area (Å²) in [7, 11) is 0. The predicted molar refractivity (Wildman–Crippen MR) is 150 cm³/mol. The van der Waals surface area contributed by atoms with Crippen molar-refractivity contribution in [2.75, 3.05) is 6.61 Å². The summed E-state index contributed by atoms with van der Waals surface area (Å²) in [6, 6.07) is 7.60. The van der Waals surface area contributed by atoms with Crippen molar-refractivity contribution in [2.45, 2.75) is 149 Å². The third-order valence-electron chi connectivity index (χ3n) is 7.47. The third kappa shape index (κ3) is 16.7. The molecule has 1 aromatic carbocycles. The summed E-state index contributed by atoms with van der Waals surface area (Å²) in [6.07, 6.45) is 23.1. The van der Waals surface area contributed by atoms with Crippen LogP contribution in [0.25, 0.3) is 0 Å². The van der Waals surface area contributed by atoms with Crippen molar-refractivity contribution in [1.82, 2.24) is 0 Å². The first-order valence-corrected chi connectivity index (χ1v) is 15.0. The van der Waals surface area contributed by atoms with E-state index in [0.717, 1.165) is 31.2 Å². The van der Waals surface area contributed by atoms with Crippen LogP contribution in [0.5, 0.6) is 5.75 Å². The number of phenolic OH excluding ortho intramolecular Hbond substituents is 1. The average Bonchev–Trinajstić information content (AvgIpc) is 2.86. The van der Waals surface area contributed by atoms with Crippen molar-refractivity contribution in [3.05, 3.63) is 29.8 Å². The van der Waals surface area contributed by atoms with Crippen molar-refractivity contribution in [3.8, 4) is 5.75 Å². The summed E-state index contributed by atoms with van der Waals surface area (Å²) < 4.78 is 5.63. The lowest BCUT2D eigenvalue weighted by Crippen LogP contribution is -2.14. The summed E-state index contributed by atoms with van der Waals surface area (Å²) >= 11 is 0. The lowest BCUT2D eigenvalue weighted by Gasteiger charge is -2.18. The Bertz CT molecular complexity index is 627. The van der Waals surface area contributed by atoms with Crippen LogP contribution < -0.4 is 0 Å². The lowest BCUT2D eigenvalue weighted by atomic mass is 9.89. The number of esters is 1. The molecule has 2 atom stereocenters. The van der Waals surface area contributed by atoms with E-state index >= 15 is 0 Å². The SMILES string of the molecule is CCCCCCCCCCCCCCC(CCC(=O)OCC(CC)CCCC)c1cccc(O)c1. The fraction of sp³-hybridized carbons (Fsp3) is 0.781. The molecule has 1 N–H and O–H groups in total. The van der Waals surface area contributed by atoms with E-state index < -0.39 is 0 Å². The van der Waals surface area contributed by atoms with Gasteiger partial charge < -0.3 is 9.84 Å². The molecule has 0 saturated heterocycles. The topological polar surface area (TPSA) is 46.5 Å². The molecule has 0 saturated carbocycles. The van der Waals surface area contributed by atoms with Gasteiger partial charge in [0.2, 0.25) is 0 Å². The molecule has 1 aromatic rings. The molecule has 3 heteroatoms. The van der Waals surface area contributed by atoms with Crippen LogP contribution in [-0.2, 0) is 9.53 Å². The Morgan fingerprint density at radius 1 is 0.771 bits per heavy atom. The molecule has 0 fully saturated rings. The van der Waals surface area contributed by atoms with E-state index in [1.54, 1.807) is 6.07 Å². The summed E-state index contributed by atoms with van der Waals surface area (Å²) in [5, 5.41) is 9.96. The lowest BCUT2D eigenvalue weighted by molar-refractivity contribution is -0.145. The van der Waals surface area contributed by atoms with Gasteiger partial charge in [-0.15, -0.1) is 0 Å². The molecule has 35 heavy (non-hydrogen) atoms. The second-order valence-electron chi connectivity index (χ2n) is 10.6. The van der Waals surface area contributed by atoms with E-state index in [2.05, 4.69) is 26.8 Å². The fourth-order valence-corrected chi connectivity index (χ4v) is 4.96. The molecule has 0 amide bonds. The highest BCUT2D eigenvalue weighted by Gasteiger charge is 2.16. The number of aromatic hydroxyl groups is 1. The number of carbonyl (C=O) groups is 1. The molecule has 202 valence electrons. The smallest absolute Gasteiger partial charge is 0.305 e. The minimum Gasteiger partial charge on any atom is -0.508 e. The van der Waals surface area contributed by atoms with Gasteiger partial charge in [0, 0.05) is 6.42 Å². The van der Waals surface area contributed by atoms with Gasteiger partial charge in [0.05, 0.1) is 6.61 Å². The van der Waals surface area contributed by atoms with Gasteiger partial charge in [-0.25, -0.2) is 0 Å². The zero-order chi connectivity index (χ0) is 25.6. The molecule has 0 spiro atoms. The van der Waals surface area contributed by atoms with Crippen LogP contribution in [-0.4, -0.2) is 17.7 Å². The van der Waals surface area contributed by atoms with E-state index in [9.17, 15) is 9.90 Å². The summed E-state index contributed by atoms with van der Waals surface area (Å²) in [4.78, 5) is 12.4. The van der Waals surface area contributed by atoms with Gasteiger partial charge in [-0.2, -0.15) is 0 Å². The maximum atomic E-state index is 12.4. The number of phenols is 1. The maximum absolute atomic E-state index is 12.4. The molecule has 0 radical (unpaired) electrons. The predicted octanol–water partition coefficient (Wildman–Crippen LogP) is 10.1. The van der Waals surface area contributed by atoms with E-state index in [1.807, 2.05) is 12.1 Å². The fourth-order valence-electron chi connectivity index (χ4n) is 4.96. The zero-order valence-corrected chi connectivity index (χ0v) is 23.4. The molecule has 0 aliphatic heterocycles. The quantitative estimate of drug-likeness (QED) is 0.123. The highest BCUT2D eigenvalue weighted by Crippen LogP contribution is 2.30. The van der Waals surface area contributed by atoms with Gasteiger partial charge in [0.1, 0.15) is 5.75 Å². The molecular weight excluding hydrogens is 432 g/mol. The van der Waals surface area contributed by atoms with Crippen molar-refractivity contribution >= 4 is 5.97 Å². The van der Waals surface area contributed by atoms with Crippen LogP contribution in [0.2, 0.25) is 0 Å². The Balaban J connectivity index is 2.31. The third-order valence-corrected chi connectivity index (χ3v) is 7.47. The summed E-state index contributed by atoms with van der Waals surface area (Å²) in [5.74, 6) is 1.04. The zero-order valence-electron chi connectivity index (χ0n) is 23.4. The average molecular weight is 489 g/mol. The largest absolute Gasteiger partial charge is 0.508 e. The number of hydrogen-bond acceptors (Lipinski definition) is 3. The number of carbonyl (C=O) groups excluding carboxylic acids is 1. The number of hydrogen-bond donors (Lipinski definition) is 1. The second kappa shape index (κ2) is 21.7. The molecule has 1 rings (SSSR count). The first-order valence-electron chi connectivity index (χ1n) is 15.0. The Labute approximate surface area is 217 Å². The van der Waals surface area contributed by atoms with Gasteiger partial charge in [0.15, 0.2) is 0 Å². The summed E-state index contributed by atoms with van der Waals surface area (Å²) in [6.45, 7) is 7.22. The number of benzene rings is 1. The van der Waals surface area contributed by atoms with Gasteiger partial charge in [-0.05, 0) is 48.8 Å². The highest BCUT2D eigenvalue weighted by atomic mass is 16.5. The standard InChI is InChI=1S/C32H56O3/c1-4-7-9-10-11-12-13-14-15-16-17-18-21-29(30-22-19-23-31(33)26-30)24-25-32(34)35-27-28(6-3)20-8-5-2/h19,22-23,26,28-29,33H,4-18,20-21,24-25,27H2,1-3H3. The van der Waals surface area contributed by atoms with Crippen molar-refractivity contribution in [2.24, 2.45) is 5.92 Å². The monoisotopic (exact) mass is 488 g/mol. The van der Waals surface area contributed by atoms with Gasteiger partial charge in [0.25, 0.3) is 0 Å². The Morgan fingerprint density at radius 3 is 1.94 bits per heavy atom. The minimum absolute atomic E-state index is 0.0696. The van der Waals surface area contributed by atoms with Crippen LogP contribution in [0, 0.1) is 5.92 Å². The molecular formula is C32H56O3. The first-order chi connectivity index (χ1) is 17.1. The Kier molecular flexibility index (Phi) is 19.6. The van der Waals surface area contributed by atoms with Crippen LogP contribution >= 0.6 is 0 Å². The van der Waals surface area contributed by atoms with Crippen LogP contribution in [0.15, 0.2) is 24.3 Å². The van der Waals surface area contributed by atoms with Gasteiger partial charge in [-0.1, -0.05) is 129 Å². The van der Waals surface area contributed by atoms with E-state index in [-0.39, 0.29) is 5.97 Å². The van der Waals surface area contributed by atoms with E-state index in [1.165, 1.54) is 89.9 Å². The molecule has 2 unspecified atom stereocenters. The maximum Gasteiger partial charge on any atom is 0.305 e. The van der Waals surface area contributed by atoms with Gasteiger partial charge in [-0.3, -0.25) is 4.79 Å². The number of rotatable bonds is 23. The first kappa shape index (κ1) is 31.5. The van der Waals surface area contributed by atoms with Gasteiger partial charge >= 0.3 is 5.97 Å². The Hall–Kier alpha value is -1.51. The molecule has 0 heterocycles. The van der Waals surface area contributed by atoms with E-state index in [4.69, 9.17) is 4.74 Å². The Morgan fingerprint density at radius 2 is 1.37 bits per heavy atom. The second-order valence-corrected chi connectivity index (χ2v) is 10.6. The molecule has 3 nitrogen and oxygen atoms in total. The molecule has 0 bridgehead atoms. The molecule has 0 aliphatic rings.